The molecule has 5 nitrogen and oxygen atoms in total. The Labute approximate surface area is 120 Å². The molecule has 0 aromatic rings. The molecule has 4 rings (SSSR count). The van der Waals surface area contributed by atoms with Gasteiger partial charge in [-0.1, -0.05) is 0 Å². The van der Waals surface area contributed by atoms with Crippen LogP contribution in [0.15, 0.2) is 0 Å². The first-order chi connectivity index (χ1) is 9.77. The Kier molecular flexibility index (Phi) is 3.51. The van der Waals surface area contributed by atoms with Crippen molar-refractivity contribution in [1.82, 2.24) is 4.90 Å². The van der Waals surface area contributed by atoms with Gasteiger partial charge in [0.1, 0.15) is 0 Å². The zero-order valence-electron chi connectivity index (χ0n) is 12.0. The summed E-state index contributed by atoms with van der Waals surface area (Å²) in [6, 6.07) is 0.649. The van der Waals surface area contributed by atoms with Gasteiger partial charge in [-0.3, -0.25) is 4.90 Å². The Hall–Kier alpha value is -0.200. The maximum Gasteiger partial charge on any atom is 0.170 e. The Bertz CT molecular complexity index is 358. The SMILES string of the molecule is OC1CCC2(CC1N1CCOC3CCCC31)OCCO2. The summed E-state index contributed by atoms with van der Waals surface area (Å²) < 4.78 is 17.6. The zero-order chi connectivity index (χ0) is 13.6. The normalized spacial score (nSPS) is 44.9. The van der Waals surface area contributed by atoms with E-state index in [4.69, 9.17) is 14.2 Å². The van der Waals surface area contributed by atoms with Crippen molar-refractivity contribution in [3.63, 3.8) is 0 Å². The molecule has 2 aliphatic carbocycles. The summed E-state index contributed by atoms with van der Waals surface area (Å²) in [4.78, 5) is 2.50. The van der Waals surface area contributed by atoms with Crippen molar-refractivity contribution in [2.45, 2.75) is 68.6 Å². The van der Waals surface area contributed by atoms with Gasteiger partial charge in [0.2, 0.25) is 0 Å². The van der Waals surface area contributed by atoms with Gasteiger partial charge in [0.25, 0.3) is 0 Å². The number of morpholine rings is 1. The first kappa shape index (κ1) is 13.5. The molecule has 4 fully saturated rings. The van der Waals surface area contributed by atoms with Gasteiger partial charge in [0.05, 0.1) is 32.0 Å². The topological polar surface area (TPSA) is 51.2 Å². The van der Waals surface area contributed by atoms with E-state index >= 15 is 0 Å². The molecule has 0 bridgehead atoms. The molecule has 2 saturated carbocycles. The van der Waals surface area contributed by atoms with E-state index < -0.39 is 5.79 Å². The predicted molar refractivity (Wildman–Crippen MR) is 72.4 cm³/mol. The second-order valence-electron chi connectivity index (χ2n) is 6.63. The van der Waals surface area contributed by atoms with Crippen LogP contribution >= 0.6 is 0 Å². The van der Waals surface area contributed by atoms with Crippen molar-refractivity contribution < 1.29 is 19.3 Å². The molecule has 2 heterocycles. The summed E-state index contributed by atoms with van der Waals surface area (Å²) in [6.07, 6.45) is 6.13. The first-order valence-electron chi connectivity index (χ1n) is 8.11. The Morgan fingerprint density at radius 3 is 2.70 bits per heavy atom. The summed E-state index contributed by atoms with van der Waals surface area (Å²) in [6.45, 7) is 3.11. The van der Waals surface area contributed by atoms with E-state index in [0.29, 0.717) is 25.4 Å². The van der Waals surface area contributed by atoms with Crippen LogP contribution in [0.5, 0.6) is 0 Å². The standard InChI is InChI=1S/C15H25NO4/c17-13-4-5-15(19-8-9-20-15)10-12(13)16-6-7-18-14-3-1-2-11(14)16/h11-14,17H,1-10H2. The van der Waals surface area contributed by atoms with E-state index in [1.807, 2.05) is 0 Å². The molecule has 4 unspecified atom stereocenters. The van der Waals surface area contributed by atoms with Gasteiger partial charge in [-0.05, 0) is 25.7 Å². The van der Waals surface area contributed by atoms with Crippen LogP contribution < -0.4 is 0 Å². The van der Waals surface area contributed by atoms with E-state index in [1.165, 1.54) is 19.3 Å². The number of hydrogen-bond donors (Lipinski definition) is 1. The van der Waals surface area contributed by atoms with Crippen LogP contribution in [0, 0.1) is 0 Å². The quantitative estimate of drug-likeness (QED) is 0.775. The van der Waals surface area contributed by atoms with E-state index in [0.717, 1.165) is 32.4 Å². The van der Waals surface area contributed by atoms with Crippen molar-refractivity contribution >= 4 is 0 Å². The Morgan fingerprint density at radius 1 is 1.00 bits per heavy atom. The van der Waals surface area contributed by atoms with Crippen LogP contribution in [0.3, 0.4) is 0 Å². The maximum atomic E-state index is 10.5. The van der Waals surface area contributed by atoms with Crippen LogP contribution in [0.25, 0.3) is 0 Å². The van der Waals surface area contributed by atoms with Gasteiger partial charge in [0.15, 0.2) is 5.79 Å². The van der Waals surface area contributed by atoms with Crippen LogP contribution in [0.4, 0.5) is 0 Å². The molecule has 2 saturated heterocycles. The monoisotopic (exact) mass is 283 g/mol. The maximum absolute atomic E-state index is 10.5. The molecule has 0 aromatic heterocycles. The third-order valence-electron chi connectivity index (χ3n) is 5.55. The highest BCUT2D eigenvalue weighted by molar-refractivity contribution is 4.99. The molecule has 5 heteroatoms. The lowest BCUT2D eigenvalue weighted by molar-refractivity contribution is -0.214. The molecule has 4 aliphatic rings. The lowest BCUT2D eigenvalue weighted by Crippen LogP contribution is -2.60. The molecule has 20 heavy (non-hydrogen) atoms. The fraction of sp³-hybridized carbons (Fsp3) is 1.00. The molecular formula is C15H25NO4. The van der Waals surface area contributed by atoms with Crippen molar-refractivity contribution in [3.8, 4) is 0 Å². The lowest BCUT2D eigenvalue weighted by Gasteiger charge is -2.49. The average molecular weight is 283 g/mol. The number of fused-ring (bicyclic) bond motifs is 1. The van der Waals surface area contributed by atoms with Gasteiger partial charge in [-0.2, -0.15) is 0 Å². The van der Waals surface area contributed by atoms with Crippen molar-refractivity contribution in [1.29, 1.82) is 0 Å². The fourth-order valence-electron chi connectivity index (χ4n) is 4.58. The molecule has 4 atom stereocenters. The van der Waals surface area contributed by atoms with E-state index in [-0.39, 0.29) is 12.1 Å². The minimum absolute atomic E-state index is 0.163. The summed E-state index contributed by atoms with van der Waals surface area (Å²) in [5.74, 6) is -0.420. The smallest absolute Gasteiger partial charge is 0.170 e. The third kappa shape index (κ3) is 2.20. The fourth-order valence-corrected chi connectivity index (χ4v) is 4.58. The third-order valence-corrected chi connectivity index (χ3v) is 5.55. The summed E-state index contributed by atoms with van der Waals surface area (Å²) in [5, 5.41) is 10.5. The molecule has 1 spiro atoms. The van der Waals surface area contributed by atoms with Gasteiger partial charge < -0.3 is 19.3 Å². The van der Waals surface area contributed by atoms with Gasteiger partial charge >= 0.3 is 0 Å². The average Bonchev–Trinajstić information content (AvgIpc) is 3.11. The highest BCUT2D eigenvalue weighted by atomic mass is 16.7. The highest BCUT2D eigenvalue weighted by Gasteiger charge is 2.49. The summed E-state index contributed by atoms with van der Waals surface area (Å²) in [7, 11) is 0. The van der Waals surface area contributed by atoms with Crippen molar-refractivity contribution in [3.05, 3.63) is 0 Å². The minimum atomic E-state index is -0.420. The number of nitrogens with zero attached hydrogens (tertiary/aromatic N) is 1. The number of ether oxygens (including phenoxy) is 3. The van der Waals surface area contributed by atoms with Crippen LogP contribution in [-0.4, -0.2) is 66.5 Å². The lowest BCUT2D eigenvalue weighted by atomic mass is 9.85. The van der Waals surface area contributed by atoms with Gasteiger partial charge in [0, 0.05) is 31.5 Å². The van der Waals surface area contributed by atoms with Crippen LogP contribution in [0.2, 0.25) is 0 Å². The molecule has 0 radical (unpaired) electrons. The van der Waals surface area contributed by atoms with Crippen LogP contribution in [0.1, 0.15) is 38.5 Å². The number of aliphatic hydroxyl groups excluding tert-OH is 1. The van der Waals surface area contributed by atoms with E-state index in [1.54, 1.807) is 0 Å². The predicted octanol–water partition coefficient (Wildman–Crippen LogP) is 0.896. The van der Waals surface area contributed by atoms with Gasteiger partial charge in [-0.25, -0.2) is 0 Å². The van der Waals surface area contributed by atoms with Gasteiger partial charge in [-0.15, -0.1) is 0 Å². The molecule has 0 amide bonds. The zero-order valence-corrected chi connectivity index (χ0v) is 12.0. The molecule has 1 N–H and O–H groups in total. The first-order valence-corrected chi connectivity index (χ1v) is 8.11. The summed E-state index contributed by atoms with van der Waals surface area (Å²) in [5.41, 5.74) is 0. The molecular weight excluding hydrogens is 258 g/mol. The number of rotatable bonds is 1. The number of aliphatic hydroxyl groups is 1. The van der Waals surface area contributed by atoms with Crippen molar-refractivity contribution in [2.75, 3.05) is 26.4 Å². The number of hydrogen-bond acceptors (Lipinski definition) is 5. The molecule has 0 aromatic carbocycles. The largest absolute Gasteiger partial charge is 0.391 e. The minimum Gasteiger partial charge on any atom is -0.391 e. The second kappa shape index (κ2) is 5.21. The molecule has 114 valence electrons. The second-order valence-corrected chi connectivity index (χ2v) is 6.63. The van der Waals surface area contributed by atoms with Crippen LogP contribution in [-0.2, 0) is 14.2 Å². The van der Waals surface area contributed by atoms with Crippen molar-refractivity contribution in [2.24, 2.45) is 0 Å². The van der Waals surface area contributed by atoms with E-state index in [2.05, 4.69) is 4.90 Å². The summed E-state index contributed by atoms with van der Waals surface area (Å²) >= 11 is 0. The van der Waals surface area contributed by atoms with E-state index in [9.17, 15) is 5.11 Å². The Morgan fingerprint density at radius 2 is 1.85 bits per heavy atom. The Balaban J connectivity index is 1.53. The highest BCUT2D eigenvalue weighted by Crippen LogP contribution is 2.41. The molecule has 2 aliphatic heterocycles.